The molecular weight excluding hydrogens is 480 g/mol. The minimum absolute atomic E-state index is 0.332. The van der Waals surface area contributed by atoms with Gasteiger partial charge in [0.2, 0.25) is 0 Å². The van der Waals surface area contributed by atoms with Crippen LogP contribution in [0.3, 0.4) is 0 Å². The molecule has 0 saturated heterocycles. The largest absolute Gasteiger partial charge is 0.484 e. The highest BCUT2D eigenvalue weighted by Crippen LogP contribution is 2.25. The molecule has 0 amide bonds. The fourth-order valence-electron chi connectivity index (χ4n) is 3.62. The summed E-state index contributed by atoms with van der Waals surface area (Å²) in [5.74, 6) is 0. The number of aryl methyl sites for hydroxylation is 2. The third kappa shape index (κ3) is 4.50. The van der Waals surface area contributed by atoms with E-state index in [0.717, 1.165) is 17.8 Å². The predicted octanol–water partition coefficient (Wildman–Crippen LogP) is -0.232. The normalized spacial score (nSPS) is 11.8. The standard InChI is InChI=1S/C22H17ClN6O6/c1-3-19-13(2)26-29(27-19)17-9-6-15-10-18(21(30)34-20(15)11-17)14-4-7-16(8-5-14)28-12-24-25-22(28)35-23(31,32)33/h4-12H,3H2,1-2H3. The third-order valence-corrected chi connectivity index (χ3v) is 5.63. The highest BCUT2D eigenvalue weighted by molar-refractivity contribution is 5.83. The number of hydrogen-bond donors (Lipinski definition) is 0. The Morgan fingerprint density at radius 2 is 1.77 bits per heavy atom. The average molecular weight is 497 g/mol. The zero-order valence-electron chi connectivity index (χ0n) is 18.4. The molecule has 2 aromatic carbocycles. The summed E-state index contributed by atoms with van der Waals surface area (Å²) < 4.78 is 43.6. The highest BCUT2D eigenvalue weighted by atomic mass is 35.7. The Morgan fingerprint density at radius 3 is 2.46 bits per heavy atom. The molecule has 0 radical (unpaired) electrons. The maximum atomic E-state index is 12.8. The van der Waals surface area contributed by atoms with Crippen LogP contribution in [0, 0.1) is 17.2 Å². The smallest absolute Gasteiger partial charge is 0.422 e. The predicted molar refractivity (Wildman–Crippen MR) is 112 cm³/mol. The van der Waals surface area contributed by atoms with Crippen LogP contribution in [0.5, 0.6) is 6.01 Å². The van der Waals surface area contributed by atoms with Gasteiger partial charge in [0.1, 0.15) is 22.2 Å². The average Bonchev–Trinajstić information content (AvgIpc) is 3.43. The first-order chi connectivity index (χ1) is 16.7. The Hall–Kier alpha value is -4.10. The van der Waals surface area contributed by atoms with Gasteiger partial charge in [-0.2, -0.15) is 29.0 Å². The molecule has 3 aromatic heterocycles. The van der Waals surface area contributed by atoms with Crippen molar-refractivity contribution < 1.29 is 32.9 Å². The molecule has 0 saturated carbocycles. The van der Waals surface area contributed by atoms with E-state index in [2.05, 4.69) is 24.7 Å². The van der Waals surface area contributed by atoms with E-state index in [1.54, 1.807) is 36.4 Å². The van der Waals surface area contributed by atoms with Gasteiger partial charge in [-0.1, -0.05) is 24.2 Å². The van der Waals surface area contributed by atoms with E-state index in [1.807, 2.05) is 26.0 Å². The van der Waals surface area contributed by atoms with Gasteiger partial charge in [-0.25, -0.2) is 9.36 Å². The van der Waals surface area contributed by atoms with Crippen LogP contribution in [0.1, 0.15) is 18.3 Å². The summed E-state index contributed by atoms with van der Waals surface area (Å²) in [6.45, 7) is 3.90. The molecule has 0 aliphatic heterocycles. The van der Waals surface area contributed by atoms with Crippen LogP contribution in [0.4, 0.5) is 0 Å². The lowest BCUT2D eigenvalue weighted by Crippen LogP contribution is -2.63. The van der Waals surface area contributed by atoms with Crippen molar-refractivity contribution in [2.24, 2.45) is 0 Å². The topological polar surface area (TPSA) is 170 Å². The number of rotatable bonds is 6. The van der Waals surface area contributed by atoms with Crippen LogP contribution in [-0.4, -0.2) is 29.8 Å². The maximum Gasteiger partial charge on any atom is 0.484 e. The summed E-state index contributed by atoms with van der Waals surface area (Å²) in [6, 6.07) is 13.0. The summed E-state index contributed by atoms with van der Waals surface area (Å²) in [7, 11) is -4.73. The van der Waals surface area contributed by atoms with Crippen molar-refractivity contribution >= 4 is 11.0 Å². The van der Waals surface area contributed by atoms with Gasteiger partial charge in [0.25, 0.3) is 0 Å². The summed E-state index contributed by atoms with van der Waals surface area (Å²) in [4.78, 5) is 14.3. The molecular formula is C22H17ClN6O6. The van der Waals surface area contributed by atoms with Crippen molar-refractivity contribution in [1.82, 2.24) is 29.8 Å². The van der Waals surface area contributed by atoms with Crippen molar-refractivity contribution in [2.75, 3.05) is 0 Å². The summed E-state index contributed by atoms with van der Waals surface area (Å²) >= 11 is 0. The van der Waals surface area contributed by atoms with Crippen LogP contribution < -0.4 is 23.9 Å². The van der Waals surface area contributed by atoms with Gasteiger partial charge >= 0.3 is 11.6 Å². The molecule has 0 N–H and O–H groups in total. The molecule has 5 aromatic rings. The third-order valence-electron chi connectivity index (χ3n) is 5.30. The molecule has 3 heterocycles. The zero-order chi connectivity index (χ0) is 24.7. The summed E-state index contributed by atoms with van der Waals surface area (Å²) in [5, 5.41) is 16.6. The fourth-order valence-corrected chi connectivity index (χ4v) is 3.89. The molecule has 0 aliphatic carbocycles. The lowest BCUT2D eigenvalue weighted by molar-refractivity contribution is -1.91. The lowest BCUT2D eigenvalue weighted by atomic mass is 10.1. The first-order valence-corrected chi connectivity index (χ1v) is 11.6. The second-order valence-corrected chi connectivity index (χ2v) is 8.44. The minimum Gasteiger partial charge on any atom is -0.422 e. The van der Waals surface area contributed by atoms with Crippen molar-refractivity contribution in [2.45, 2.75) is 20.3 Å². The Balaban J connectivity index is 1.47. The number of hydrogen-bond acceptors (Lipinski definition) is 10. The Labute approximate surface area is 199 Å². The Kier molecular flexibility index (Phi) is 5.57. The number of benzene rings is 2. The van der Waals surface area contributed by atoms with E-state index < -0.39 is 21.9 Å². The van der Waals surface area contributed by atoms with Gasteiger partial charge in [-0.15, -0.1) is 5.10 Å². The second kappa shape index (κ2) is 8.60. The van der Waals surface area contributed by atoms with Crippen LogP contribution in [0.15, 0.2) is 64.1 Å². The first kappa shape index (κ1) is 22.7. The van der Waals surface area contributed by atoms with Gasteiger partial charge < -0.3 is 4.42 Å². The monoisotopic (exact) mass is 496 g/mol. The minimum atomic E-state index is -4.73. The number of nitrogens with zero attached hydrogens (tertiary/aromatic N) is 6. The molecule has 0 spiro atoms. The van der Waals surface area contributed by atoms with Gasteiger partial charge in [-0.3, -0.25) is 0 Å². The van der Waals surface area contributed by atoms with Crippen molar-refractivity contribution in [1.29, 1.82) is 0 Å². The van der Waals surface area contributed by atoms with E-state index in [-0.39, 0.29) is 0 Å². The molecule has 0 bridgehead atoms. The van der Waals surface area contributed by atoms with Crippen molar-refractivity contribution in [3.05, 3.63) is 76.7 Å². The van der Waals surface area contributed by atoms with Gasteiger partial charge in [0.05, 0.1) is 28.3 Å². The van der Waals surface area contributed by atoms with Gasteiger partial charge in [0.15, 0.2) is 0 Å². The lowest BCUT2D eigenvalue weighted by Gasteiger charge is -2.11. The highest BCUT2D eigenvalue weighted by Gasteiger charge is 2.26. The van der Waals surface area contributed by atoms with E-state index in [1.165, 1.54) is 15.7 Å². The van der Waals surface area contributed by atoms with Crippen molar-refractivity contribution in [3.8, 4) is 28.5 Å². The number of halogens is 1. The van der Waals surface area contributed by atoms with Crippen LogP contribution >= 0.6 is 0 Å². The molecule has 12 nitrogen and oxygen atoms in total. The Morgan fingerprint density at radius 1 is 1.03 bits per heavy atom. The zero-order valence-corrected chi connectivity index (χ0v) is 19.2. The molecule has 0 unspecified atom stereocenters. The molecule has 0 atom stereocenters. The molecule has 13 heteroatoms. The SMILES string of the molecule is CCc1nn(-c2ccc3cc(-c4ccc(-n5cnnc5O[Cl+3]([O-])([O-])[O-])cc4)c(=O)oc3c2)nc1C. The molecule has 5 rings (SSSR count). The molecule has 178 valence electrons. The van der Waals surface area contributed by atoms with E-state index in [9.17, 15) is 18.8 Å². The molecule has 35 heavy (non-hydrogen) atoms. The molecule has 0 fully saturated rings. The number of fused-ring (bicyclic) bond motifs is 1. The first-order valence-electron chi connectivity index (χ1n) is 10.3. The maximum absolute atomic E-state index is 12.8. The van der Waals surface area contributed by atoms with Crippen LogP contribution in [-0.2, 0) is 6.42 Å². The van der Waals surface area contributed by atoms with Crippen LogP contribution in [0.2, 0.25) is 0 Å². The van der Waals surface area contributed by atoms with E-state index in [4.69, 9.17) is 4.42 Å². The summed E-state index contributed by atoms with van der Waals surface area (Å²) in [6.07, 6.45) is 1.95. The number of aromatic nitrogens is 6. The van der Waals surface area contributed by atoms with Crippen LogP contribution in [0.25, 0.3) is 33.5 Å². The summed E-state index contributed by atoms with van der Waals surface area (Å²) in [5.41, 5.74) is 3.57. The molecule has 0 aliphatic rings. The van der Waals surface area contributed by atoms with Crippen molar-refractivity contribution in [3.63, 3.8) is 0 Å². The van der Waals surface area contributed by atoms with Gasteiger partial charge in [-0.05, 0) is 53.5 Å². The van der Waals surface area contributed by atoms with E-state index >= 15 is 0 Å². The van der Waals surface area contributed by atoms with Gasteiger partial charge in [0, 0.05) is 11.5 Å². The second-order valence-electron chi connectivity index (χ2n) is 7.53. The Bertz CT molecular complexity index is 1590. The quantitative estimate of drug-likeness (QED) is 0.286. The van der Waals surface area contributed by atoms with E-state index in [0.29, 0.717) is 33.5 Å². The fraction of sp³-hybridized carbons (Fsp3) is 0.136.